The van der Waals surface area contributed by atoms with Crippen molar-refractivity contribution in [3.8, 4) is 0 Å². The number of nitrogens with two attached hydrogens (primary N) is 1. The first-order valence-corrected chi connectivity index (χ1v) is 7.69. The maximum absolute atomic E-state index is 10.2. The second-order valence-corrected chi connectivity index (χ2v) is 5.54. The molecule has 0 amide bonds. The van der Waals surface area contributed by atoms with E-state index in [1.165, 1.54) is 22.2 Å². The molecule has 138 valence electrons. The van der Waals surface area contributed by atoms with Crippen LogP contribution in [0.5, 0.6) is 0 Å². The van der Waals surface area contributed by atoms with E-state index in [4.69, 9.17) is 15.3 Å². The second-order valence-electron chi connectivity index (χ2n) is 5.54. The molecule has 12 nitrogen and oxygen atoms in total. The molecule has 12 heteroatoms. The third-order valence-corrected chi connectivity index (χ3v) is 3.87. The van der Waals surface area contributed by atoms with Gasteiger partial charge in [-0.15, -0.1) is 5.59 Å². The molecule has 2 aromatic heterocycles. The highest BCUT2D eigenvalue weighted by Gasteiger charge is 2.44. The van der Waals surface area contributed by atoms with Crippen molar-refractivity contribution in [3.05, 3.63) is 12.7 Å². The summed E-state index contributed by atoms with van der Waals surface area (Å²) >= 11 is 0. The number of nitrogens with one attached hydrogen (secondary N) is 1. The Balaban J connectivity index is 1.89. The lowest BCUT2D eigenvalue weighted by Gasteiger charge is -2.19. The summed E-state index contributed by atoms with van der Waals surface area (Å²) in [5.74, 6) is 0.438. The molecule has 0 aliphatic carbocycles. The van der Waals surface area contributed by atoms with Crippen molar-refractivity contribution in [1.82, 2.24) is 25.1 Å². The first-order valence-electron chi connectivity index (χ1n) is 7.69. The zero-order valence-corrected chi connectivity index (χ0v) is 13.6. The van der Waals surface area contributed by atoms with Crippen molar-refractivity contribution in [1.29, 1.82) is 0 Å². The number of aromatic nitrogens is 4. The number of anilines is 1. The molecule has 1 saturated heterocycles. The van der Waals surface area contributed by atoms with Gasteiger partial charge in [0.1, 0.15) is 24.6 Å². The van der Waals surface area contributed by atoms with Crippen molar-refractivity contribution in [3.63, 3.8) is 0 Å². The zero-order valence-electron chi connectivity index (χ0n) is 13.6. The van der Waals surface area contributed by atoms with Gasteiger partial charge in [0, 0.05) is 13.6 Å². The van der Waals surface area contributed by atoms with Gasteiger partial charge in [0.2, 0.25) is 0 Å². The third-order valence-electron chi connectivity index (χ3n) is 3.87. The minimum absolute atomic E-state index is 0.315. The van der Waals surface area contributed by atoms with Crippen LogP contribution in [0.2, 0.25) is 0 Å². The van der Waals surface area contributed by atoms with Crippen LogP contribution in [0.1, 0.15) is 6.23 Å². The summed E-state index contributed by atoms with van der Waals surface area (Å²) in [6.45, 7) is 0.266. The second kappa shape index (κ2) is 7.53. The van der Waals surface area contributed by atoms with E-state index in [9.17, 15) is 15.3 Å². The molecule has 1 fully saturated rings. The summed E-state index contributed by atoms with van der Waals surface area (Å²) in [4.78, 5) is 17.7. The quantitative estimate of drug-likeness (QED) is 0.259. The zero-order chi connectivity index (χ0) is 18.0. The highest BCUT2D eigenvalue weighted by molar-refractivity contribution is 5.82. The molecule has 0 aromatic carbocycles. The molecule has 1 aliphatic heterocycles. The molecule has 0 spiro atoms. The van der Waals surface area contributed by atoms with Crippen molar-refractivity contribution < 1.29 is 24.9 Å². The number of hydrazine groups is 1. The van der Waals surface area contributed by atoms with Gasteiger partial charge < -0.3 is 25.8 Å². The summed E-state index contributed by atoms with van der Waals surface area (Å²) in [6.07, 6.45) is -1.48. The van der Waals surface area contributed by atoms with Gasteiger partial charge in [-0.2, -0.15) is 0 Å². The largest absolute Gasteiger partial charge is 0.394 e. The number of aliphatic hydroxyl groups excluding tert-OH is 3. The van der Waals surface area contributed by atoms with Crippen molar-refractivity contribution >= 4 is 17.0 Å². The number of rotatable bonds is 7. The van der Waals surface area contributed by atoms with Crippen LogP contribution in [0.15, 0.2) is 12.7 Å². The first-order chi connectivity index (χ1) is 12.1. The van der Waals surface area contributed by atoms with Gasteiger partial charge >= 0.3 is 0 Å². The molecule has 1 aliphatic rings. The van der Waals surface area contributed by atoms with Crippen LogP contribution >= 0.6 is 0 Å². The fourth-order valence-corrected chi connectivity index (χ4v) is 2.63. The lowest BCUT2D eigenvalue weighted by Crippen LogP contribution is -2.36. The summed E-state index contributed by atoms with van der Waals surface area (Å²) in [6, 6.07) is 0. The summed E-state index contributed by atoms with van der Waals surface area (Å²) in [5, 5.41) is 30.8. The third kappa shape index (κ3) is 3.28. The molecule has 6 N–H and O–H groups in total. The molecule has 0 bridgehead atoms. The van der Waals surface area contributed by atoms with E-state index in [1.54, 1.807) is 7.05 Å². The van der Waals surface area contributed by atoms with Gasteiger partial charge in [-0.25, -0.2) is 15.0 Å². The molecule has 2 aromatic rings. The van der Waals surface area contributed by atoms with Crippen LogP contribution in [0.25, 0.3) is 11.2 Å². The van der Waals surface area contributed by atoms with E-state index < -0.39 is 31.1 Å². The Morgan fingerprint density at radius 2 is 2.16 bits per heavy atom. The van der Waals surface area contributed by atoms with Crippen molar-refractivity contribution in [2.24, 2.45) is 5.73 Å². The van der Waals surface area contributed by atoms with Crippen LogP contribution < -0.4 is 16.3 Å². The summed E-state index contributed by atoms with van der Waals surface area (Å²) < 4.78 is 7.00. The van der Waals surface area contributed by atoms with Crippen molar-refractivity contribution in [2.75, 3.05) is 31.8 Å². The van der Waals surface area contributed by atoms with Gasteiger partial charge in [-0.05, 0) is 0 Å². The Morgan fingerprint density at radius 1 is 1.36 bits per heavy atom. The van der Waals surface area contributed by atoms with Crippen LogP contribution in [-0.2, 0) is 9.57 Å². The monoisotopic (exact) mass is 355 g/mol. The lowest BCUT2D eigenvalue weighted by molar-refractivity contribution is -0.0511. The van der Waals surface area contributed by atoms with E-state index in [-0.39, 0.29) is 0 Å². The fraction of sp³-hybridized carbons (Fsp3) is 0.615. The van der Waals surface area contributed by atoms with Crippen LogP contribution in [0.3, 0.4) is 0 Å². The molecular weight excluding hydrogens is 334 g/mol. The molecular formula is C13H21N7O5. The lowest BCUT2D eigenvalue weighted by atomic mass is 10.1. The number of imidazole rings is 1. The van der Waals surface area contributed by atoms with E-state index in [2.05, 4.69) is 20.5 Å². The Kier molecular flexibility index (Phi) is 5.39. The smallest absolute Gasteiger partial charge is 0.176 e. The van der Waals surface area contributed by atoms with E-state index in [0.717, 1.165) is 0 Å². The van der Waals surface area contributed by atoms with E-state index in [1.807, 2.05) is 0 Å². The Bertz CT molecular complexity index is 713. The summed E-state index contributed by atoms with van der Waals surface area (Å²) in [5.41, 5.74) is 8.86. The molecule has 0 unspecified atom stereocenters. The summed E-state index contributed by atoms with van der Waals surface area (Å²) in [7, 11) is 1.68. The number of hydrogen-bond acceptors (Lipinski definition) is 11. The Morgan fingerprint density at radius 3 is 2.84 bits per heavy atom. The van der Waals surface area contributed by atoms with E-state index in [0.29, 0.717) is 30.1 Å². The van der Waals surface area contributed by atoms with Gasteiger partial charge in [0.05, 0.1) is 19.5 Å². The Hall–Kier alpha value is -1.93. The predicted octanol–water partition coefficient (Wildman–Crippen LogP) is -2.73. The maximum Gasteiger partial charge on any atom is 0.176 e. The molecule has 25 heavy (non-hydrogen) atoms. The molecule has 4 atom stereocenters. The normalized spacial score (nSPS) is 26.4. The number of hydrogen-bond donors (Lipinski definition) is 5. The highest BCUT2D eigenvalue weighted by atomic mass is 16.7. The van der Waals surface area contributed by atoms with E-state index >= 15 is 0 Å². The first kappa shape index (κ1) is 17.9. The van der Waals surface area contributed by atoms with Crippen LogP contribution in [-0.4, -0.2) is 80.0 Å². The topological polar surface area (TPSA) is 164 Å². The molecule has 3 heterocycles. The van der Waals surface area contributed by atoms with Gasteiger partial charge in [0.15, 0.2) is 23.2 Å². The average Bonchev–Trinajstić information content (AvgIpc) is 3.16. The van der Waals surface area contributed by atoms with Gasteiger partial charge in [-0.1, -0.05) is 0 Å². The minimum atomic E-state index is -1.23. The Labute approximate surface area is 142 Å². The number of ether oxygens (including phenoxy) is 1. The number of aliphatic hydroxyl groups is 3. The fourth-order valence-electron chi connectivity index (χ4n) is 2.63. The molecule has 3 rings (SSSR count). The minimum Gasteiger partial charge on any atom is -0.394 e. The standard InChI is InChI=1S/C13H21N7O5/c1-19(18-24-3-2-14)11-8-12(16-5-15-11)20(6-17-8)13-10(23)9(22)7(4-21)25-13/h5-7,9-10,13,18,21-23H,2-4,14H2,1H3/t7-,9-,10-,13-/m1/s1. The van der Waals surface area contributed by atoms with Crippen LogP contribution in [0, 0.1) is 0 Å². The predicted molar refractivity (Wildman–Crippen MR) is 84.9 cm³/mol. The molecule has 0 saturated carbocycles. The number of nitrogens with zero attached hydrogens (tertiary/aromatic N) is 5. The average molecular weight is 355 g/mol. The SMILES string of the molecule is CN(NOCCN)c1ncnc2c1ncn2[C@@H]1O[C@H](CO)[C@@H](O)[C@H]1O. The van der Waals surface area contributed by atoms with Gasteiger partial charge in [0.25, 0.3) is 0 Å². The highest BCUT2D eigenvalue weighted by Crippen LogP contribution is 2.32. The maximum atomic E-state index is 10.2. The number of fused-ring (bicyclic) bond motifs is 1. The van der Waals surface area contributed by atoms with Gasteiger partial charge in [-0.3, -0.25) is 14.4 Å². The van der Waals surface area contributed by atoms with Crippen molar-refractivity contribution in [2.45, 2.75) is 24.5 Å². The van der Waals surface area contributed by atoms with Crippen LogP contribution in [0.4, 0.5) is 5.82 Å². The molecule has 0 radical (unpaired) electrons.